The number of aliphatic hydroxyl groups excluding tert-OH is 1. The molecule has 1 aliphatic carbocycles. The molecule has 2 aromatic rings. The van der Waals surface area contributed by atoms with E-state index < -0.39 is 5.82 Å². The average molecular weight is 364 g/mol. The summed E-state index contributed by atoms with van der Waals surface area (Å²) in [6, 6.07) is 6.06. The number of nitrogens with zero attached hydrogens (tertiary/aromatic N) is 1. The number of hydrogen-bond acceptors (Lipinski definition) is 4. The summed E-state index contributed by atoms with van der Waals surface area (Å²) in [4.78, 5) is 16.5. The minimum Gasteiger partial charge on any atom is -0.460 e. The summed E-state index contributed by atoms with van der Waals surface area (Å²) in [7, 11) is 0. The van der Waals surface area contributed by atoms with Crippen molar-refractivity contribution in [3.63, 3.8) is 0 Å². The molecule has 1 heterocycles. The maximum absolute atomic E-state index is 13.8. The van der Waals surface area contributed by atoms with Crippen molar-refractivity contribution in [1.82, 2.24) is 4.98 Å². The highest BCUT2D eigenvalue weighted by molar-refractivity contribution is 6.31. The lowest BCUT2D eigenvalue weighted by Crippen LogP contribution is -2.11. The van der Waals surface area contributed by atoms with Crippen molar-refractivity contribution >= 4 is 17.6 Å². The summed E-state index contributed by atoms with van der Waals surface area (Å²) in [6.45, 7) is 3.60. The van der Waals surface area contributed by atoms with Gasteiger partial charge < -0.3 is 9.84 Å². The molecule has 0 saturated heterocycles. The van der Waals surface area contributed by atoms with E-state index in [1.165, 1.54) is 18.2 Å². The number of aliphatic hydroxyl groups is 1. The van der Waals surface area contributed by atoms with Gasteiger partial charge in [-0.2, -0.15) is 0 Å². The molecule has 0 bridgehead atoms. The number of carbonyl (C=O) groups is 1. The number of benzene rings is 1. The van der Waals surface area contributed by atoms with Crippen LogP contribution in [-0.2, 0) is 22.7 Å². The van der Waals surface area contributed by atoms with Crippen molar-refractivity contribution in [2.75, 3.05) is 0 Å². The summed E-state index contributed by atoms with van der Waals surface area (Å²) in [5.41, 5.74) is 1.41. The van der Waals surface area contributed by atoms with Crippen LogP contribution >= 0.6 is 11.6 Å². The number of hydrogen-bond donors (Lipinski definition) is 1. The summed E-state index contributed by atoms with van der Waals surface area (Å²) >= 11 is 6.20. The molecule has 0 radical (unpaired) electrons. The van der Waals surface area contributed by atoms with E-state index in [1.54, 1.807) is 12.4 Å². The van der Waals surface area contributed by atoms with E-state index in [0.717, 1.165) is 5.56 Å². The van der Waals surface area contributed by atoms with Crippen molar-refractivity contribution in [1.29, 1.82) is 0 Å². The number of pyridine rings is 1. The predicted molar refractivity (Wildman–Crippen MR) is 91.4 cm³/mol. The third-order valence-electron chi connectivity index (χ3n) is 4.88. The molecule has 25 heavy (non-hydrogen) atoms. The van der Waals surface area contributed by atoms with Crippen LogP contribution in [-0.4, -0.2) is 16.1 Å². The molecular formula is C19H19ClFNO3. The van der Waals surface area contributed by atoms with Crippen molar-refractivity contribution in [3.05, 3.63) is 64.2 Å². The van der Waals surface area contributed by atoms with Crippen molar-refractivity contribution < 1.29 is 19.0 Å². The Kier molecular flexibility index (Phi) is 4.80. The van der Waals surface area contributed by atoms with E-state index in [-0.39, 0.29) is 42.0 Å². The second-order valence-electron chi connectivity index (χ2n) is 6.87. The van der Waals surface area contributed by atoms with Crippen LogP contribution in [0.25, 0.3) is 0 Å². The Labute approximate surface area is 150 Å². The lowest BCUT2D eigenvalue weighted by Gasteiger charge is -2.08. The number of carbonyl (C=O) groups excluding carboxylic acids is 1. The van der Waals surface area contributed by atoms with E-state index in [0.29, 0.717) is 10.6 Å². The third-order valence-corrected chi connectivity index (χ3v) is 5.20. The standard InChI is InChI=1S/C19H19ClFNO3/c1-19(2)16(13-5-6-22-8-14(13)20)17(19)18(24)25-10-12-7-11(9-23)3-4-15(12)21/h3-8,16-17,23H,9-10H2,1-2H3/t16-,17+/m1/s1. The lowest BCUT2D eigenvalue weighted by atomic mass is 10.0. The van der Waals surface area contributed by atoms with Gasteiger partial charge in [-0.3, -0.25) is 9.78 Å². The number of halogens is 2. The fourth-order valence-corrected chi connectivity index (χ4v) is 3.61. The van der Waals surface area contributed by atoms with Crippen molar-refractivity contribution in [2.45, 2.75) is 33.0 Å². The zero-order chi connectivity index (χ0) is 18.2. The first kappa shape index (κ1) is 17.8. The Balaban J connectivity index is 1.71. The number of esters is 1. The Bertz CT molecular complexity index is 809. The molecule has 1 aromatic heterocycles. The number of aromatic nitrogens is 1. The maximum atomic E-state index is 13.8. The van der Waals surface area contributed by atoms with Crippen LogP contribution in [0.3, 0.4) is 0 Å². The van der Waals surface area contributed by atoms with Gasteiger partial charge in [-0.15, -0.1) is 0 Å². The number of ether oxygens (including phenoxy) is 1. The minimum absolute atomic E-state index is 0.0517. The molecule has 1 N–H and O–H groups in total. The Morgan fingerprint density at radius 3 is 2.84 bits per heavy atom. The topological polar surface area (TPSA) is 59.4 Å². The molecule has 4 nitrogen and oxygen atoms in total. The van der Waals surface area contributed by atoms with E-state index in [9.17, 15) is 9.18 Å². The molecule has 0 aliphatic heterocycles. The van der Waals surface area contributed by atoms with Crippen LogP contribution in [0.15, 0.2) is 36.7 Å². The Morgan fingerprint density at radius 2 is 2.16 bits per heavy atom. The second kappa shape index (κ2) is 6.73. The second-order valence-corrected chi connectivity index (χ2v) is 7.27. The fourth-order valence-electron chi connectivity index (χ4n) is 3.37. The molecule has 1 saturated carbocycles. The van der Waals surface area contributed by atoms with E-state index >= 15 is 0 Å². The van der Waals surface area contributed by atoms with Crippen LogP contribution in [0.1, 0.15) is 36.5 Å². The molecule has 0 amide bonds. The van der Waals surface area contributed by atoms with Crippen LogP contribution in [0.4, 0.5) is 4.39 Å². The van der Waals surface area contributed by atoms with Crippen LogP contribution in [0.2, 0.25) is 5.02 Å². The fraction of sp³-hybridized carbons (Fsp3) is 0.368. The van der Waals surface area contributed by atoms with Gasteiger partial charge in [-0.1, -0.05) is 31.5 Å². The van der Waals surface area contributed by atoms with Gasteiger partial charge in [0.15, 0.2) is 0 Å². The molecule has 132 valence electrons. The highest BCUT2D eigenvalue weighted by Gasteiger charge is 2.63. The summed E-state index contributed by atoms with van der Waals surface area (Å²) in [6.07, 6.45) is 3.21. The van der Waals surface area contributed by atoms with Gasteiger partial charge in [0.1, 0.15) is 12.4 Å². The Morgan fingerprint density at radius 1 is 1.40 bits per heavy atom. The first-order chi connectivity index (χ1) is 11.9. The largest absolute Gasteiger partial charge is 0.460 e. The van der Waals surface area contributed by atoms with Gasteiger partial charge in [-0.05, 0) is 34.7 Å². The molecule has 3 rings (SSSR count). The SMILES string of the molecule is CC1(C)[C@H](C(=O)OCc2cc(CO)ccc2F)[C@H]1c1ccncc1Cl. The molecule has 1 aliphatic rings. The lowest BCUT2D eigenvalue weighted by molar-refractivity contribution is -0.147. The van der Waals surface area contributed by atoms with Crippen LogP contribution in [0.5, 0.6) is 0 Å². The normalized spacial score (nSPS) is 21.0. The molecule has 2 atom stereocenters. The first-order valence-electron chi connectivity index (χ1n) is 8.00. The Hall–Kier alpha value is -1.98. The highest BCUT2D eigenvalue weighted by atomic mass is 35.5. The van der Waals surface area contributed by atoms with E-state index in [2.05, 4.69) is 4.98 Å². The molecule has 1 aromatic carbocycles. The summed E-state index contributed by atoms with van der Waals surface area (Å²) in [5.74, 6) is -1.23. The van der Waals surface area contributed by atoms with Gasteiger partial charge >= 0.3 is 5.97 Å². The van der Waals surface area contributed by atoms with E-state index in [4.69, 9.17) is 21.4 Å². The maximum Gasteiger partial charge on any atom is 0.310 e. The van der Waals surface area contributed by atoms with Crippen molar-refractivity contribution in [3.8, 4) is 0 Å². The van der Waals surface area contributed by atoms with Gasteiger partial charge in [-0.25, -0.2) is 4.39 Å². The van der Waals surface area contributed by atoms with Gasteiger partial charge in [0.05, 0.1) is 17.5 Å². The monoisotopic (exact) mass is 363 g/mol. The zero-order valence-electron chi connectivity index (χ0n) is 14.0. The molecule has 0 spiro atoms. The first-order valence-corrected chi connectivity index (χ1v) is 8.38. The van der Waals surface area contributed by atoms with Gasteiger partial charge in [0, 0.05) is 23.9 Å². The predicted octanol–water partition coefficient (Wildman–Crippen LogP) is 3.85. The quantitative estimate of drug-likeness (QED) is 0.820. The van der Waals surface area contributed by atoms with Gasteiger partial charge in [0.2, 0.25) is 0 Å². The molecule has 6 heteroatoms. The third kappa shape index (κ3) is 3.39. The summed E-state index contributed by atoms with van der Waals surface area (Å²) in [5, 5.41) is 9.66. The summed E-state index contributed by atoms with van der Waals surface area (Å²) < 4.78 is 19.2. The molecule has 0 unspecified atom stereocenters. The van der Waals surface area contributed by atoms with Gasteiger partial charge in [0.25, 0.3) is 0 Å². The zero-order valence-corrected chi connectivity index (χ0v) is 14.8. The highest BCUT2D eigenvalue weighted by Crippen LogP contribution is 2.65. The molecular weight excluding hydrogens is 345 g/mol. The minimum atomic E-state index is -0.464. The van der Waals surface area contributed by atoms with Crippen molar-refractivity contribution in [2.24, 2.45) is 11.3 Å². The van der Waals surface area contributed by atoms with Crippen LogP contribution < -0.4 is 0 Å². The van der Waals surface area contributed by atoms with Crippen LogP contribution in [0, 0.1) is 17.2 Å². The van der Waals surface area contributed by atoms with E-state index in [1.807, 2.05) is 19.9 Å². The number of rotatable bonds is 5. The smallest absolute Gasteiger partial charge is 0.310 e. The average Bonchev–Trinajstić information content (AvgIpc) is 3.16. The molecule has 1 fully saturated rings.